The molecule has 4 N–H and O–H groups in total. The highest BCUT2D eigenvalue weighted by atomic mass is 16.4. The molecular weight excluding hydrogens is 268 g/mol. The average molecular weight is 292 g/mol. The second-order valence-corrected chi connectivity index (χ2v) is 5.54. The SMILES string of the molecule is CC[C@H](C)[C@H](NC(=O)CC(C)c1ccc(N)cc1)C(=O)O. The molecule has 0 fully saturated rings. The minimum Gasteiger partial charge on any atom is -0.480 e. The standard InChI is InChI=1S/C16H24N2O3/c1-4-10(2)15(16(20)21)18-14(19)9-11(3)12-5-7-13(17)8-6-12/h5-8,10-11,15H,4,9,17H2,1-3H3,(H,18,19)(H,20,21)/t10-,11?,15-/m0/s1. The first kappa shape index (κ1) is 17.0. The maximum absolute atomic E-state index is 12.0. The lowest BCUT2D eigenvalue weighted by atomic mass is 9.95. The summed E-state index contributed by atoms with van der Waals surface area (Å²) >= 11 is 0. The molecule has 0 radical (unpaired) electrons. The van der Waals surface area contributed by atoms with Crippen molar-refractivity contribution in [3.63, 3.8) is 0 Å². The topological polar surface area (TPSA) is 92.4 Å². The zero-order valence-electron chi connectivity index (χ0n) is 12.8. The first-order chi connectivity index (χ1) is 9.85. The van der Waals surface area contributed by atoms with Gasteiger partial charge in [0.2, 0.25) is 5.91 Å². The van der Waals surface area contributed by atoms with E-state index in [1.54, 1.807) is 12.1 Å². The highest BCUT2D eigenvalue weighted by Gasteiger charge is 2.25. The molecule has 0 bridgehead atoms. The van der Waals surface area contributed by atoms with Gasteiger partial charge in [0, 0.05) is 12.1 Å². The van der Waals surface area contributed by atoms with Crippen molar-refractivity contribution in [1.82, 2.24) is 5.32 Å². The van der Waals surface area contributed by atoms with Gasteiger partial charge in [0.15, 0.2) is 0 Å². The summed E-state index contributed by atoms with van der Waals surface area (Å²) < 4.78 is 0. The Balaban J connectivity index is 2.63. The number of nitrogens with one attached hydrogen (secondary N) is 1. The second-order valence-electron chi connectivity index (χ2n) is 5.54. The van der Waals surface area contributed by atoms with E-state index in [2.05, 4.69) is 5.32 Å². The molecule has 0 aromatic heterocycles. The summed E-state index contributed by atoms with van der Waals surface area (Å²) in [5, 5.41) is 11.8. The van der Waals surface area contributed by atoms with E-state index in [1.165, 1.54) is 0 Å². The number of benzene rings is 1. The zero-order chi connectivity index (χ0) is 16.0. The fourth-order valence-electron chi connectivity index (χ4n) is 2.14. The van der Waals surface area contributed by atoms with Gasteiger partial charge in [-0.3, -0.25) is 4.79 Å². The molecule has 0 heterocycles. The first-order valence-corrected chi connectivity index (χ1v) is 7.22. The molecule has 1 aromatic rings. The van der Waals surface area contributed by atoms with Crippen molar-refractivity contribution < 1.29 is 14.7 Å². The van der Waals surface area contributed by atoms with Gasteiger partial charge in [-0.15, -0.1) is 0 Å². The molecule has 0 saturated heterocycles. The van der Waals surface area contributed by atoms with Gasteiger partial charge in [-0.1, -0.05) is 39.3 Å². The Labute approximate surface area is 125 Å². The summed E-state index contributed by atoms with van der Waals surface area (Å²) in [6.07, 6.45) is 0.953. The van der Waals surface area contributed by atoms with Crippen LogP contribution in [0.3, 0.4) is 0 Å². The van der Waals surface area contributed by atoms with Crippen molar-refractivity contribution in [1.29, 1.82) is 0 Å². The van der Waals surface area contributed by atoms with Crippen molar-refractivity contribution in [2.24, 2.45) is 5.92 Å². The van der Waals surface area contributed by atoms with Crippen molar-refractivity contribution >= 4 is 17.6 Å². The van der Waals surface area contributed by atoms with E-state index in [0.29, 0.717) is 12.1 Å². The second kappa shape index (κ2) is 7.67. The van der Waals surface area contributed by atoms with Crippen LogP contribution in [-0.4, -0.2) is 23.0 Å². The molecule has 0 aliphatic rings. The third-order valence-electron chi connectivity index (χ3n) is 3.79. The van der Waals surface area contributed by atoms with Gasteiger partial charge in [-0.05, 0) is 29.5 Å². The van der Waals surface area contributed by atoms with Crippen molar-refractivity contribution in [2.75, 3.05) is 5.73 Å². The summed E-state index contributed by atoms with van der Waals surface area (Å²) in [5.41, 5.74) is 7.32. The quantitative estimate of drug-likeness (QED) is 0.673. The molecule has 0 spiro atoms. The Morgan fingerprint density at radius 3 is 2.29 bits per heavy atom. The van der Waals surface area contributed by atoms with Crippen LogP contribution < -0.4 is 11.1 Å². The van der Waals surface area contributed by atoms with Crippen LogP contribution in [-0.2, 0) is 9.59 Å². The molecule has 0 aliphatic carbocycles. The molecule has 0 aliphatic heterocycles. The van der Waals surface area contributed by atoms with Gasteiger partial charge in [0.25, 0.3) is 0 Å². The summed E-state index contributed by atoms with van der Waals surface area (Å²) in [5.74, 6) is -1.32. The number of anilines is 1. The monoisotopic (exact) mass is 292 g/mol. The van der Waals surface area contributed by atoms with Crippen molar-refractivity contribution in [3.8, 4) is 0 Å². The maximum atomic E-state index is 12.0. The third-order valence-corrected chi connectivity index (χ3v) is 3.79. The van der Waals surface area contributed by atoms with Gasteiger partial charge in [0.05, 0.1) is 0 Å². The first-order valence-electron chi connectivity index (χ1n) is 7.22. The minimum absolute atomic E-state index is 0.0111. The van der Waals surface area contributed by atoms with Crippen LogP contribution in [0.1, 0.15) is 45.1 Å². The van der Waals surface area contributed by atoms with E-state index in [-0.39, 0.29) is 24.2 Å². The van der Waals surface area contributed by atoms with Crippen LogP contribution >= 0.6 is 0 Å². The normalized spacial score (nSPS) is 15.0. The number of carbonyl (C=O) groups is 2. The molecule has 1 amide bonds. The molecule has 3 atom stereocenters. The Hall–Kier alpha value is -2.04. The van der Waals surface area contributed by atoms with Gasteiger partial charge in [-0.2, -0.15) is 0 Å². The number of amides is 1. The summed E-state index contributed by atoms with van der Waals surface area (Å²) in [7, 11) is 0. The van der Waals surface area contributed by atoms with E-state index >= 15 is 0 Å². The van der Waals surface area contributed by atoms with Crippen molar-refractivity contribution in [3.05, 3.63) is 29.8 Å². The van der Waals surface area contributed by atoms with Crippen LogP contribution in [0.4, 0.5) is 5.69 Å². The molecule has 1 unspecified atom stereocenters. The lowest BCUT2D eigenvalue weighted by Crippen LogP contribution is -2.45. The fourth-order valence-corrected chi connectivity index (χ4v) is 2.14. The molecule has 1 rings (SSSR count). The number of carbonyl (C=O) groups excluding carboxylic acids is 1. The number of rotatable bonds is 7. The summed E-state index contributed by atoms with van der Waals surface area (Å²) in [6, 6.07) is 6.53. The van der Waals surface area contributed by atoms with Crippen LogP contribution in [0.25, 0.3) is 0 Å². The number of hydrogen-bond acceptors (Lipinski definition) is 3. The van der Waals surface area contributed by atoms with Crippen molar-refractivity contribution in [2.45, 2.75) is 45.6 Å². The number of aliphatic carboxylic acids is 1. The van der Waals surface area contributed by atoms with E-state index in [1.807, 2.05) is 32.9 Å². The van der Waals surface area contributed by atoms with E-state index in [4.69, 9.17) is 5.73 Å². The Morgan fingerprint density at radius 2 is 1.81 bits per heavy atom. The number of carboxylic acid groups (broad SMARTS) is 1. The van der Waals surface area contributed by atoms with Crippen LogP contribution in [0.15, 0.2) is 24.3 Å². The van der Waals surface area contributed by atoms with E-state index in [9.17, 15) is 14.7 Å². The lowest BCUT2D eigenvalue weighted by Gasteiger charge is -2.21. The van der Waals surface area contributed by atoms with Crippen LogP contribution in [0.2, 0.25) is 0 Å². The molecular formula is C16H24N2O3. The molecule has 0 saturated carbocycles. The maximum Gasteiger partial charge on any atom is 0.326 e. The smallest absolute Gasteiger partial charge is 0.326 e. The average Bonchev–Trinajstić information content (AvgIpc) is 2.44. The van der Waals surface area contributed by atoms with Gasteiger partial charge >= 0.3 is 5.97 Å². The molecule has 116 valence electrons. The molecule has 21 heavy (non-hydrogen) atoms. The number of carboxylic acids is 1. The van der Waals surface area contributed by atoms with E-state index in [0.717, 1.165) is 5.56 Å². The number of nitrogens with two attached hydrogens (primary N) is 1. The predicted octanol–water partition coefficient (Wildman–Crippen LogP) is 2.38. The highest BCUT2D eigenvalue weighted by molar-refractivity contribution is 5.84. The lowest BCUT2D eigenvalue weighted by molar-refractivity contribution is -0.143. The minimum atomic E-state index is -0.988. The molecule has 5 heteroatoms. The molecule has 5 nitrogen and oxygen atoms in total. The Kier molecular flexibility index (Phi) is 6.21. The summed E-state index contributed by atoms with van der Waals surface area (Å²) in [6.45, 7) is 5.66. The molecule has 1 aromatic carbocycles. The highest BCUT2D eigenvalue weighted by Crippen LogP contribution is 2.20. The van der Waals surface area contributed by atoms with Gasteiger partial charge in [0.1, 0.15) is 6.04 Å². The Bertz CT molecular complexity index is 485. The summed E-state index contributed by atoms with van der Waals surface area (Å²) in [4.78, 5) is 23.2. The van der Waals surface area contributed by atoms with Gasteiger partial charge in [-0.25, -0.2) is 4.79 Å². The van der Waals surface area contributed by atoms with Crippen LogP contribution in [0, 0.1) is 5.92 Å². The number of hydrogen-bond donors (Lipinski definition) is 3. The van der Waals surface area contributed by atoms with Crippen LogP contribution in [0.5, 0.6) is 0 Å². The Morgan fingerprint density at radius 1 is 1.24 bits per heavy atom. The zero-order valence-corrected chi connectivity index (χ0v) is 12.8. The third kappa shape index (κ3) is 5.10. The van der Waals surface area contributed by atoms with E-state index < -0.39 is 12.0 Å². The van der Waals surface area contributed by atoms with Gasteiger partial charge < -0.3 is 16.2 Å². The largest absolute Gasteiger partial charge is 0.480 e. The number of nitrogen functional groups attached to an aromatic ring is 1. The predicted molar refractivity (Wildman–Crippen MR) is 82.9 cm³/mol. The fraction of sp³-hybridized carbons (Fsp3) is 0.500.